The van der Waals surface area contributed by atoms with Crippen LogP contribution < -0.4 is 10.5 Å². The van der Waals surface area contributed by atoms with Crippen LogP contribution in [0.4, 0.5) is 5.69 Å². The van der Waals surface area contributed by atoms with Crippen molar-refractivity contribution in [3.63, 3.8) is 0 Å². The highest BCUT2D eigenvalue weighted by atomic mass is 16.5. The van der Waals surface area contributed by atoms with Gasteiger partial charge in [0.25, 0.3) is 0 Å². The maximum Gasteiger partial charge on any atom is 0.336 e. The van der Waals surface area contributed by atoms with E-state index in [9.17, 15) is 4.79 Å². The second-order valence-corrected chi connectivity index (χ2v) is 3.79. The van der Waals surface area contributed by atoms with E-state index in [2.05, 4.69) is 0 Å². The first kappa shape index (κ1) is 12.0. The van der Waals surface area contributed by atoms with E-state index in [1.54, 1.807) is 36.4 Å². The van der Waals surface area contributed by atoms with Crippen molar-refractivity contribution in [3.8, 4) is 5.75 Å². The van der Waals surface area contributed by atoms with Gasteiger partial charge in [-0.1, -0.05) is 30.3 Å². The molecule has 92 valence electrons. The van der Waals surface area contributed by atoms with Crippen molar-refractivity contribution < 1.29 is 14.6 Å². The standard InChI is InChI=1S/C14H13NO3/c15-12-7-3-4-8-13(12)18-9-10-5-1-2-6-11(10)14(16)17/h1-8H,9,15H2,(H,16,17). The normalized spacial score (nSPS) is 10.0. The van der Waals surface area contributed by atoms with Gasteiger partial charge in [-0.15, -0.1) is 0 Å². The van der Waals surface area contributed by atoms with E-state index in [0.717, 1.165) is 0 Å². The van der Waals surface area contributed by atoms with Crippen LogP contribution in [0.25, 0.3) is 0 Å². The third-order valence-electron chi connectivity index (χ3n) is 2.55. The highest BCUT2D eigenvalue weighted by Gasteiger charge is 2.09. The van der Waals surface area contributed by atoms with E-state index in [4.69, 9.17) is 15.6 Å². The van der Waals surface area contributed by atoms with E-state index in [-0.39, 0.29) is 12.2 Å². The van der Waals surface area contributed by atoms with E-state index in [1.165, 1.54) is 0 Å². The molecule has 0 heterocycles. The molecule has 0 unspecified atom stereocenters. The van der Waals surface area contributed by atoms with Crippen LogP contribution in [0.1, 0.15) is 15.9 Å². The minimum atomic E-state index is -0.963. The third kappa shape index (κ3) is 2.60. The molecule has 2 aromatic carbocycles. The van der Waals surface area contributed by atoms with Crippen molar-refractivity contribution >= 4 is 11.7 Å². The largest absolute Gasteiger partial charge is 0.487 e. The highest BCUT2D eigenvalue weighted by Crippen LogP contribution is 2.21. The van der Waals surface area contributed by atoms with E-state index in [0.29, 0.717) is 17.0 Å². The summed E-state index contributed by atoms with van der Waals surface area (Å²) in [5.74, 6) is -0.409. The molecule has 0 aliphatic heterocycles. The smallest absolute Gasteiger partial charge is 0.336 e. The molecular formula is C14H13NO3. The molecule has 0 amide bonds. The molecule has 2 aromatic rings. The van der Waals surface area contributed by atoms with Crippen LogP contribution >= 0.6 is 0 Å². The van der Waals surface area contributed by atoms with Gasteiger partial charge >= 0.3 is 5.97 Å². The van der Waals surface area contributed by atoms with Crippen molar-refractivity contribution in [2.45, 2.75) is 6.61 Å². The summed E-state index contributed by atoms with van der Waals surface area (Å²) >= 11 is 0. The first-order chi connectivity index (χ1) is 8.68. The Morgan fingerprint density at radius 3 is 2.50 bits per heavy atom. The Morgan fingerprint density at radius 2 is 1.78 bits per heavy atom. The quantitative estimate of drug-likeness (QED) is 0.809. The van der Waals surface area contributed by atoms with Crippen molar-refractivity contribution in [1.82, 2.24) is 0 Å². The number of carbonyl (C=O) groups is 1. The Labute approximate surface area is 105 Å². The number of hydrogen-bond acceptors (Lipinski definition) is 3. The number of benzene rings is 2. The fraction of sp³-hybridized carbons (Fsp3) is 0.0714. The van der Waals surface area contributed by atoms with Crippen LogP contribution in [0.3, 0.4) is 0 Å². The summed E-state index contributed by atoms with van der Waals surface area (Å²) in [6.45, 7) is 0.177. The van der Waals surface area contributed by atoms with Gasteiger partial charge in [-0.25, -0.2) is 4.79 Å². The number of para-hydroxylation sites is 2. The van der Waals surface area contributed by atoms with Gasteiger partial charge in [0, 0.05) is 5.56 Å². The SMILES string of the molecule is Nc1ccccc1OCc1ccccc1C(=O)O. The predicted molar refractivity (Wildman–Crippen MR) is 68.6 cm³/mol. The molecule has 0 aromatic heterocycles. The fourth-order valence-electron chi connectivity index (χ4n) is 1.62. The van der Waals surface area contributed by atoms with E-state index in [1.807, 2.05) is 12.1 Å². The number of carboxylic acid groups (broad SMARTS) is 1. The molecule has 0 radical (unpaired) electrons. The van der Waals surface area contributed by atoms with Gasteiger partial charge in [-0.3, -0.25) is 0 Å². The van der Waals surface area contributed by atoms with Gasteiger partial charge in [-0.05, 0) is 18.2 Å². The van der Waals surface area contributed by atoms with Crippen molar-refractivity contribution in [3.05, 3.63) is 59.7 Å². The number of rotatable bonds is 4. The molecule has 2 rings (SSSR count). The summed E-state index contributed by atoms with van der Waals surface area (Å²) in [4.78, 5) is 11.0. The number of nitrogens with two attached hydrogens (primary N) is 1. The van der Waals surface area contributed by atoms with Gasteiger partial charge in [0.05, 0.1) is 11.3 Å². The molecule has 0 spiro atoms. The van der Waals surface area contributed by atoms with Crippen LogP contribution in [-0.4, -0.2) is 11.1 Å². The van der Waals surface area contributed by atoms with Crippen molar-refractivity contribution in [2.24, 2.45) is 0 Å². The zero-order chi connectivity index (χ0) is 13.0. The molecular weight excluding hydrogens is 230 g/mol. The first-order valence-corrected chi connectivity index (χ1v) is 5.47. The van der Waals surface area contributed by atoms with Gasteiger partial charge in [0.2, 0.25) is 0 Å². The van der Waals surface area contributed by atoms with Crippen LogP contribution in [0.5, 0.6) is 5.75 Å². The topological polar surface area (TPSA) is 72.5 Å². The zero-order valence-corrected chi connectivity index (χ0v) is 9.67. The molecule has 3 N–H and O–H groups in total. The van der Waals surface area contributed by atoms with Crippen LogP contribution in [0, 0.1) is 0 Å². The van der Waals surface area contributed by atoms with Crippen LogP contribution in [0.2, 0.25) is 0 Å². The second kappa shape index (κ2) is 5.23. The molecule has 0 aliphatic rings. The lowest BCUT2D eigenvalue weighted by Crippen LogP contribution is -2.06. The van der Waals surface area contributed by atoms with Gasteiger partial charge in [0.15, 0.2) is 0 Å². The molecule has 0 aliphatic carbocycles. The maximum absolute atomic E-state index is 11.0. The van der Waals surface area contributed by atoms with Crippen LogP contribution in [0.15, 0.2) is 48.5 Å². The Hall–Kier alpha value is -2.49. The maximum atomic E-state index is 11.0. The summed E-state index contributed by atoms with van der Waals surface area (Å²) in [7, 11) is 0. The lowest BCUT2D eigenvalue weighted by Gasteiger charge is -2.10. The Balaban J connectivity index is 2.16. The number of aromatic carboxylic acids is 1. The molecule has 4 heteroatoms. The van der Waals surface area contributed by atoms with Crippen LogP contribution in [-0.2, 0) is 6.61 Å². The fourth-order valence-corrected chi connectivity index (χ4v) is 1.62. The summed E-state index contributed by atoms with van der Waals surface area (Å²) in [6.07, 6.45) is 0. The summed E-state index contributed by atoms with van der Waals surface area (Å²) in [5, 5.41) is 9.04. The number of hydrogen-bond donors (Lipinski definition) is 2. The van der Waals surface area contributed by atoms with E-state index >= 15 is 0 Å². The molecule has 0 bridgehead atoms. The number of nitrogen functional groups attached to an aromatic ring is 1. The minimum absolute atomic E-state index is 0.177. The molecule has 18 heavy (non-hydrogen) atoms. The molecule has 0 fully saturated rings. The first-order valence-electron chi connectivity index (χ1n) is 5.47. The van der Waals surface area contributed by atoms with Gasteiger partial charge < -0.3 is 15.6 Å². The van der Waals surface area contributed by atoms with Crippen molar-refractivity contribution in [1.29, 1.82) is 0 Å². The number of anilines is 1. The predicted octanol–water partition coefficient (Wildman–Crippen LogP) is 2.55. The minimum Gasteiger partial charge on any atom is -0.487 e. The average Bonchev–Trinajstić information content (AvgIpc) is 2.38. The van der Waals surface area contributed by atoms with Gasteiger partial charge in [0.1, 0.15) is 12.4 Å². The zero-order valence-electron chi connectivity index (χ0n) is 9.67. The highest BCUT2D eigenvalue weighted by molar-refractivity contribution is 5.89. The molecule has 0 saturated heterocycles. The lowest BCUT2D eigenvalue weighted by atomic mass is 10.1. The third-order valence-corrected chi connectivity index (χ3v) is 2.55. The number of carboxylic acids is 1. The Morgan fingerprint density at radius 1 is 1.11 bits per heavy atom. The van der Waals surface area contributed by atoms with Gasteiger partial charge in [-0.2, -0.15) is 0 Å². The second-order valence-electron chi connectivity index (χ2n) is 3.79. The molecule has 0 saturated carbocycles. The molecule has 4 nitrogen and oxygen atoms in total. The Kier molecular flexibility index (Phi) is 3.48. The van der Waals surface area contributed by atoms with E-state index < -0.39 is 5.97 Å². The monoisotopic (exact) mass is 243 g/mol. The average molecular weight is 243 g/mol. The number of ether oxygens (including phenoxy) is 1. The summed E-state index contributed by atoms with van der Waals surface area (Å²) in [6, 6.07) is 13.8. The van der Waals surface area contributed by atoms with Crippen molar-refractivity contribution in [2.75, 3.05) is 5.73 Å². The summed E-state index contributed by atoms with van der Waals surface area (Å²) < 4.78 is 5.53. The lowest BCUT2D eigenvalue weighted by molar-refractivity contribution is 0.0694. The Bertz CT molecular complexity index is 566. The summed E-state index contributed by atoms with van der Waals surface area (Å²) in [5.41, 5.74) is 7.14. The molecule has 0 atom stereocenters.